The molecule has 0 bridgehead atoms. The van der Waals surface area contributed by atoms with Gasteiger partial charge in [-0.3, -0.25) is 0 Å². The summed E-state index contributed by atoms with van der Waals surface area (Å²) in [5.41, 5.74) is 0.451. The number of carbonyl (C=O) groups is 1. The van der Waals surface area contributed by atoms with E-state index in [1.807, 2.05) is 0 Å². The van der Waals surface area contributed by atoms with Gasteiger partial charge in [0.05, 0.1) is 21.3 Å². The molecule has 0 aromatic heterocycles. The molecule has 0 saturated heterocycles. The van der Waals surface area contributed by atoms with Gasteiger partial charge in [-0.1, -0.05) is 32.6 Å². The van der Waals surface area contributed by atoms with Crippen molar-refractivity contribution in [1.82, 2.24) is 0 Å². The molecule has 0 aliphatic carbocycles. The van der Waals surface area contributed by atoms with Crippen molar-refractivity contribution in [2.75, 3.05) is 21.3 Å². The molecule has 0 aliphatic rings. The number of phenols is 1. The molecule has 0 fully saturated rings. The maximum absolute atomic E-state index is 11.0. The van der Waals surface area contributed by atoms with Crippen molar-refractivity contribution in [2.45, 2.75) is 45.4 Å². The summed E-state index contributed by atoms with van der Waals surface area (Å²) in [5.74, 6) is -0.105. The summed E-state index contributed by atoms with van der Waals surface area (Å²) in [6, 6.07) is 0. The normalized spacial score (nSPS) is 10.3. The summed E-state index contributed by atoms with van der Waals surface area (Å²) in [5, 5.41) is 19.3. The Kier molecular flexibility index (Phi) is 8.01. The zero-order valence-corrected chi connectivity index (χ0v) is 14.7. The van der Waals surface area contributed by atoms with E-state index >= 15 is 0 Å². The fraction of sp³-hybridized carbons (Fsp3) is 0.588. The van der Waals surface area contributed by atoms with Crippen molar-refractivity contribution in [1.29, 1.82) is 0 Å². The average Bonchev–Trinajstić information content (AvgIpc) is 2.56. The molecule has 0 spiro atoms. The molecule has 0 atom stereocenters. The molecule has 0 aliphatic heterocycles. The van der Waals surface area contributed by atoms with Crippen LogP contribution < -0.4 is 18.9 Å². The van der Waals surface area contributed by atoms with E-state index in [-0.39, 0.29) is 17.2 Å². The van der Waals surface area contributed by atoms with Crippen molar-refractivity contribution >= 4 is 6.16 Å². The summed E-state index contributed by atoms with van der Waals surface area (Å²) in [6.45, 7) is 2.13. The number of rotatable bonds is 10. The number of hydrogen-bond donors (Lipinski definition) is 2. The lowest BCUT2D eigenvalue weighted by atomic mass is 10.0. The first-order valence-electron chi connectivity index (χ1n) is 7.96. The lowest BCUT2D eigenvalue weighted by molar-refractivity contribution is 0.141. The number of phenolic OH excluding ortho intramolecular Hbond substituents is 1. The quantitative estimate of drug-likeness (QED) is 0.377. The summed E-state index contributed by atoms with van der Waals surface area (Å²) >= 11 is 0. The van der Waals surface area contributed by atoms with Crippen molar-refractivity contribution < 1.29 is 34.0 Å². The van der Waals surface area contributed by atoms with Gasteiger partial charge in [0.2, 0.25) is 17.2 Å². The van der Waals surface area contributed by atoms with Crippen LogP contribution in [0.5, 0.6) is 28.7 Å². The zero-order valence-electron chi connectivity index (χ0n) is 14.7. The van der Waals surface area contributed by atoms with E-state index in [1.54, 1.807) is 0 Å². The van der Waals surface area contributed by atoms with Gasteiger partial charge in [0, 0.05) is 5.56 Å². The summed E-state index contributed by atoms with van der Waals surface area (Å²) < 4.78 is 20.6. The third-order valence-corrected chi connectivity index (χ3v) is 3.72. The number of carboxylic acid groups (broad SMARTS) is 1. The Labute approximate surface area is 142 Å². The van der Waals surface area contributed by atoms with Gasteiger partial charge < -0.3 is 29.2 Å². The molecule has 1 rings (SSSR count). The molecule has 0 radical (unpaired) electrons. The number of hydrogen-bond acceptors (Lipinski definition) is 6. The van der Waals surface area contributed by atoms with Crippen LogP contribution in [0.1, 0.15) is 44.6 Å². The number of aromatic hydroxyl groups is 1. The minimum absolute atomic E-state index is 0.0275. The van der Waals surface area contributed by atoms with E-state index in [1.165, 1.54) is 21.3 Å². The summed E-state index contributed by atoms with van der Waals surface area (Å²) in [7, 11) is 4.20. The van der Waals surface area contributed by atoms with E-state index in [2.05, 4.69) is 6.92 Å². The molecule has 24 heavy (non-hydrogen) atoms. The van der Waals surface area contributed by atoms with Gasteiger partial charge >= 0.3 is 6.16 Å². The average molecular weight is 342 g/mol. The fourth-order valence-electron chi connectivity index (χ4n) is 2.62. The molecular weight excluding hydrogens is 316 g/mol. The molecule has 0 saturated carbocycles. The minimum Gasteiger partial charge on any atom is -0.502 e. The molecule has 7 heteroatoms. The second kappa shape index (κ2) is 9.75. The predicted octanol–water partition coefficient (Wildman–Crippen LogP) is 3.99. The van der Waals surface area contributed by atoms with Crippen molar-refractivity contribution in [3.8, 4) is 28.7 Å². The Balaban J connectivity index is 3.28. The molecule has 0 unspecified atom stereocenters. The van der Waals surface area contributed by atoms with Gasteiger partial charge in [-0.25, -0.2) is 4.79 Å². The molecule has 2 N–H and O–H groups in total. The van der Waals surface area contributed by atoms with Crippen LogP contribution in [0.15, 0.2) is 0 Å². The number of unbranched alkanes of at least 4 members (excludes halogenated alkanes) is 4. The highest BCUT2D eigenvalue weighted by Gasteiger charge is 2.28. The van der Waals surface area contributed by atoms with Crippen LogP contribution in [0.25, 0.3) is 0 Å². The highest BCUT2D eigenvalue weighted by Crippen LogP contribution is 2.53. The Morgan fingerprint density at radius 1 is 0.875 bits per heavy atom. The summed E-state index contributed by atoms with van der Waals surface area (Å²) in [4.78, 5) is 11.0. The third-order valence-electron chi connectivity index (χ3n) is 3.72. The summed E-state index contributed by atoms with van der Waals surface area (Å²) in [6.07, 6.45) is 4.13. The number of methoxy groups -OCH3 is 3. The largest absolute Gasteiger partial charge is 0.511 e. The third kappa shape index (κ3) is 4.59. The van der Waals surface area contributed by atoms with Crippen molar-refractivity contribution in [3.05, 3.63) is 5.56 Å². The molecule has 136 valence electrons. The van der Waals surface area contributed by atoms with Crippen molar-refractivity contribution in [3.63, 3.8) is 0 Å². The topological polar surface area (TPSA) is 94.5 Å². The molecule has 0 heterocycles. The van der Waals surface area contributed by atoms with Gasteiger partial charge in [-0.05, 0) is 12.8 Å². The zero-order chi connectivity index (χ0) is 18.1. The lowest BCUT2D eigenvalue weighted by Gasteiger charge is -2.20. The van der Waals surface area contributed by atoms with Crippen LogP contribution in [0.2, 0.25) is 0 Å². The minimum atomic E-state index is -1.52. The van der Waals surface area contributed by atoms with Gasteiger partial charge in [-0.2, -0.15) is 0 Å². The first-order valence-corrected chi connectivity index (χ1v) is 7.96. The Hall–Kier alpha value is -2.31. The number of ether oxygens (including phenoxy) is 4. The lowest BCUT2D eigenvalue weighted by Crippen LogP contribution is -2.09. The molecule has 1 aromatic carbocycles. The maximum atomic E-state index is 11.0. The van der Waals surface area contributed by atoms with Crippen LogP contribution in [-0.2, 0) is 6.42 Å². The SMILES string of the molecule is CCCCCCCc1c(OC(=O)O)c(O)c(OC)c(OC)c1OC. The molecule has 1 aromatic rings. The van der Waals surface area contributed by atoms with E-state index in [9.17, 15) is 9.90 Å². The van der Waals surface area contributed by atoms with Crippen LogP contribution in [0.4, 0.5) is 4.79 Å². The van der Waals surface area contributed by atoms with Crippen molar-refractivity contribution in [2.24, 2.45) is 0 Å². The first-order chi connectivity index (χ1) is 11.5. The second-order valence-corrected chi connectivity index (χ2v) is 5.29. The maximum Gasteiger partial charge on any atom is 0.511 e. The van der Waals surface area contributed by atoms with Gasteiger partial charge in [0.1, 0.15) is 0 Å². The standard InChI is InChI=1S/C17H26O7/c1-5-6-7-8-9-10-11-13(24-17(19)20)12(18)15(22-3)16(23-4)14(11)21-2/h18H,5-10H2,1-4H3,(H,19,20). The molecule has 7 nitrogen and oxygen atoms in total. The first kappa shape index (κ1) is 19.7. The van der Waals surface area contributed by atoms with Crippen LogP contribution >= 0.6 is 0 Å². The molecule has 0 amide bonds. The van der Waals surface area contributed by atoms with Crippen LogP contribution in [-0.4, -0.2) is 37.7 Å². The highest BCUT2D eigenvalue weighted by atomic mass is 16.7. The highest BCUT2D eigenvalue weighted by molar-refractivity contribution is 5.73. The van der Waals surface area contributed by atoms with E-state index in [0.717, 1.165) is 32.1 Å². The predicted molar refractivity (Wildman–Crippen MR) is 88.9 cm³/mol. The van der Waals surface area contributed by atoms with E-state index < -0.39 is 11.9 Å². The van der Waals surface area contributed by atoms with Gasteiger partial charge in [-0.15, -0.1) is 0 Å². The fourth-order valence-corrected chi connectivity index (χ4v) is 2.62. The number of benzene rings is 1. The van der Waals surface area contributed by atoms with Crippen LogP contribution in [0.3, 0.4) is 0 Å². The smallest absolute Gasteiger partial charge is 0.502 e. The van der Waals surface area contributed by atoms with E-state index in [0.29, 0.717) is 17.7 Å². The van der Waals surface area contributed by atoms with Crippen LogP contribution in [0, 0.1) is 0 Å². The monoisotopic (exact) mass is 342 g/mol. The Morgan fingerprint density at radius 2 is 1.46 bits per heavy atom. The van der Waals surface area contributed by atoms with Gasteiger partial charge in [0.25, 0.3) is 0 Å². The Morgan fingerprint density at radius 3 is 1.96 bits per heavy atom. The van der Waals surface area contributed by atoms with Gasteiger partial charge in [0.15, 0.2) is 11.5 Å². The Bertz CT molecular complexity index is 555. The second-order valence-electron chi connectivity index (χ2n) is 5.29. The van der Waals surface area contributed by atoms with E-state index in [4.69, 9.17) is 24.1 Å². The molecular formula is C17H26O7.